The van der Waals surface area contributed by atoms with Gasteiger partial charge in [0.2, 0.25) is 0 Å². The molecule has 0 saturated carbocycles. The van der Waals surface area contributed by atoms with Crippen molar-refractivity contribution < 1.29 is 14.3 Å². The Morgan fingerprint density at radius 3 is 2.88 bits per heavy atom. The fourth-order valence-corrected chi connectivity index (χ4v) is 1.20. The molecule has 0 aromatic carbocycles. The number of hydrogen-bond acceptors (Lipinski definition) is 5. The third-order valence-corrected chi connectivity index (χ3v) is 2.11. The van der Waals surface area contributed by atoms with E-state index < -0.39 is 0 Å². The molecule has 17 heavy (non-hydrogen) atoms. The largest absolute Gasteiger partial charge is 0.469 e. The highest BCUT2D eigenvalue weighted by atomic mass is 16.5. The number of pyridine rings is 1. The van der Waals surface area contributed by atoms with Gasteiger partial charge in [0.1, 0.15) is 5.69 Å². The van der Waals surface area contributed by atoms with Crippen molar-refractivity contribution in [1.29, 1.82) is 0 Å². The van der Waals surface area contributed by atoms with Crippen molar-refractivity contribution in [3.63, 3.8) is 0 Å². The van der Waals surface area contributed by atoms with Gasteiger partial charge in [-0.2, -0.15) is 0 Å². The molecule has 92 valence electrons. The second-order valence-corrected chi connectivity index (χ2v) is 3.26. The van der Waals surface area contributed by atoms with E-state index in [0.29, 0.717) is 12.2 Å². The molecule has 0 saturated heterocycles. The number of aromatic nitrogens is 1. The van der Waals surface area contributed by atoms with Crippen molar-refractivity contribution in [3.8, 4) is 0 Å². The Morgan fingerprint density at radius 1 is 1.47 bits per heavy atom. The molecule has 0 aliphatic carbocycles. The van der Waals surface area contributed by atoms with Gasteiger partial charge in [0, 0.05) is 25.5 Å². The highest BCUT2D eigenvalue weighted by Gasteiger charge is 2.05. The van der Waals surface area contributed by atoms with Crippen LogP contribution >= 0.6 is 0 Å². The summed E-state index contributed by atoms with van der Waals surface area (Å²) in [5, 5.41) is 5.50. The molecular formula is C11H15N3O3. The summed E-state index contributed by atoms with van der Waals surface area (Å²) in [6, 6.07) is 3.35. The molecular weight excluding hydrogens is 222 g/mol. The maximum absolute atomic E-state index is 11.3. The van der Waals surface area contributed by atoms with Crippen LogP contribution in [0.2, 0.25) is 0 Å². The molecule has 0 fully saturated rings. The minimum atomic E-state index is -0.280. The lowest BCUT2D eigenvalue weighted by atomic mass is 10.3. The number of methoxy groups -OCH3 is 1. The molecule has 1 rings (SSSR count). The van der Waals surface area contributed by atoms with Crippen molar-refractivity contribution in [2.45, 2.75) is 6.42 Å². The van der Waals surface area contributed by atoms with Crippen LogP contribution in [-0.2, 0) is 9.53 Å². The Bertz CT molecular complexity index is 407. The van der Waals surface area contributed by atoms with Gasteiger partial charge in [-0.05, 0) is 12.1 Å². The molecule has 0 bridgehead atoms. The van der Waals surface area contributed by atoms with E-state index in [4.69, 9.17) is 0 Å². The number of amides is 1. The summed E-state index contributed by atoms with van der Waals surface area (Å²) in [5.41, 5.74) is 1.07. The molecule has 0 aliphatic heterocycles. The number of anilines is 1. The molecule has 1 amide bonds. The smallest absolute Gasteiger partial charge is 0.307 e. The molecule has 0 spiro atoms. The molecule has 0 atom stereocenters. The molecule has 0 radical (unpaired) electrons. The number of carbonyl (C=O) groups is 2. The van der Waals surface area contributed by atoms with Gasteiger partial charge in [-0.3, -0.25) is 14.6 Å². The average Bonchev–Trinajstić information content (AvgIpc) is 2.38. The van der Waals surface area contributed by atoms with Crippen molar-refractivity contribution in [2.24, 2.45) is 0 Å². The number of ether oxygens (including phenoxy) is 1. The second kappa shape index (κ2) is 6.47. The van der Waals surface area contributed by atoms with E-state index in [9.17, 15) is 9.59 Å². The van der Waals surface area contributed by atoms with Crippen LogP contribution < -0.4 is 10.6 Å². The first kappa shape index (κ1) is 13.0. The zero-order chi connectivity index (χ0) is 12.7. The van der Waals surface area contributed by atoms with Crippen molar-refractivity contribution in [1.82, 2.24) is 10.3 Å². The maximum Gasteiger partial charge on any atom is 0.307 e. The predicted octanol–water partition coefficient (Wildman–Crippen LogP) is 0.416. The van der Waals surface area contributed by atoms with Gasteiger partial charge in [-0.1, -0.05) is 0 Å². The first-order valence-electron chi connectivity index (χ1n) is 5.16. The summed E-state index contributed by atoms with van der Waals surface area (Å²) in [6.07, 6.45) is 1.80. The quantitative estimate of drug-likeness (QED) is 0.725. The third-order valence-electron chi connectivity index (χ3n) is 2.11. The molecule has 1 heterocycles. The lowest BCUT2D eigenvalue weighted by Gasteiger charge is -2.06. The number of carbonyl (C=O) groups excluding carboxylic acids is 2. The Labute approximate surface area is 99.4 Å². The summed E-state index contributed by atoms with van der Waals surface area (Å²) in [6.45, 7) is 0.448. The summed E-state index contributed by atoms with van der Waals surface area (Å²) in [4.78, 5) is 26.1. The third kappa shape index (κ3) is 4.10. The Morgan fingerprint density at radius 2 is 2.24 bits per heavy atom. The van der Waals surface area contributed by atoms with E-state index in [0.717, 1.165) is 5.69 Å². The van der Waals surface area contributed by atoms with Crippen LogP contribution in [0.5, 0.6) is 0 Å². The van der Waals surface area contributed by atoms with Crippen LogP contribution in [0.3, 0.4) is 0 Å². The predicted molar refractivity (Wildman–Crippen MR) is 62.7 cm³/mol. The van der Waals surface area contributed by atoms with Crippen molar-refractivity contribution in [2.75, 3.05) is 26.0 Å². The van der Waals surface area contributed by atoms with E-state index >= 15 is 0 Å². The Hall–Kier alpha value is -2.11. The highest BCUT2D eigenvalue weighted by Crippen LogP contribution is 2.07. The number of nitrogens with zero attached hydrogens (tertiary/aromatic N) is 1. The van der Waals surface area contributed by atoms with E-state index in [1.165, 1.54) is 13.3 Å². The van der Waals surface area contributed by atoms with Gasteiger partial charge in [0.25, 0.3) is 5.91 Å². The number of esters is 1. The zero-order valence-corrected chi connectivity index (χ0v) is 9.82. The molecule has 6 nitrogen and oxygen atoms in total. The second-order valence-electron chi connectivity index (χ2n) is 3.26. The van der Waals surface area contributed by atoms with Gasteiger partial charge in [-0.25, -0.2) is 0 Å². The maximum atomic E-state index is 11.3. The minimum Gasteiger partial charge on any atom is -0.469 e. The van der Waals surface area contributed by atoms with Crippen LogP contribution in [-0.4, -0.2) is 37.6 Å². The average molecular weight is 237 g/mol. The van der Waals surface area contributed by atoms with Crippen LogP contribution in [0.15, 0.2) is 18.3 Å². The van der Waals surface area contributed by atoms with E-state index in [2.05, 4.69) is 20.4 Å². The van der Waals surface area contributed by atoms with Crippen molar-refractivity contribution >= 4 is 17.6 Å². The van der Waals surface area contributed by atoms with Crippen molar-refractivity contribution in [3.05, 3.63) is 24.0 Å². The number of rotatable bonds is 5. The van der Waals surface area contributed by atoms with Gasteiger partial charge in [-0.15, -0.1) is 0 Å². The highest BCUT2D eigenvalue weighted by molar-refractivity contribution is 5.92. The lowest BCUT2D eigenvalue weighted by molar-refractivity contribution is -0.140. The molecule has 0 unspecified atom stereocenters. The Kier molecular flexibility index (Phi) is 4.93. The topological polar surface area (TPSA) is 80.3 Å². The van der Waals surface area contributed by atoms with Gasteiger partial charge in [0.15, 0.2) is 0 Å². The van der Waals surface area contributed by atoms with E-state index in [1.54, 1.807) is 19.2 Å². The van der Waals surface area contributed by atoms with E-state index in [-0.39, 0.29) is 18.3 Å². The fourth-order valence-electron chi connectivity index (χ4n) is 1.20. The fraction of sp³-hybridized carbons (Fsp3) is 0.364. The number of nitrogens with one attached hydrogen (secondary N) is 2. The standard InChI is InChI=1S/C11H15N3O3/c1-12-11(16)9-7-8(3-5-14-9)13-6-4-10(15)17-2/h3,5,7H,4,6H2,1-2H3,(H,12,16)(H,13,14). The van der Waals surface area contributed by atoms with Crippen LogP contribution in [0.25, 0.3) is 0 Å². The van der Waals surface area contributed by atoms with Crippen LogP contribution in [0.1, 0.15) is 16.9 Å². The van der Waals surface area contributed by atoms with E-state index in [1.807, 2.05) is 0 Å². The molecule has 6 heteroatoms. The molecule has 2 N–H and O–H groups in total. The zero-order valence-electron chi connectivity index (χ0n) is 9.82. The van der Waals surface area contributed by atoms with Crippen LogP contribution in [0.4, 0.5) is 5.69 Å². The molecule has 1 aromatic heterocycles. The summed E-state index contributed by atoms with van der Waals surface area (Å²) >= 11 is 0. The monoisotopic (exact) mass is 237 g/mol. The summed E-state index contributed by atoms with van der Waals surface area (Å²) in [7, 11) is 2.89. The summed E-state index contributed by atoms with van der Waals surface area (Å²) in [5.74, 6) is -0.528. The van der Waals surface area contributed by atoms with Crippen LogP contribution in [0, 0.1) is 0 Å². The first-order chi connectivity index (χ1) is 8.17. The van der Waals surface area contributed by atoms with Gasteiger partial charge < -0.3 is 15.4 Å². The Balaban J connectivity index is 2.54. The van der Waals surface area contributed by atoms with Gasteiger partial charge in [0.05, 0.1) is 13.5 Å². The SMILES string of the molecule is CNC(=O)c1cc(NCCC(=O)OC)ccn1. The first-order valence-corrected chi connectivity index (χ1v) is 5.16. The lowest BCUT2D eigenvalue weighted by Crippen LogP contribution is -2.19. The summed E-state index contributed by atoms with van der Waals surface area (Å²) < 4.78 is 4.51. The van der Waals surface area contributed by atoms with Gasteiger partial charge >= 0.3 is 5.97 Å². The minimum absolute atomic E-state index is 0.249. The molecule has 0 aliphatic rings. The molecule has 1 aromatic rings. The number of hydrogen-bond donors (Lipinski definition) is 2. The normalized spacial score (nSPS) is 9.53.